The molecular formula is C26H28N6O2S. The number of thiazole rings is 1. The van der Waals surface area contributed by atoms with Gasteiger partial charge in [-0.05, 0) is 36.6 Å². The number of hydrogen-bond donors (Lipinski definition) is 0. The Labute approximate surface area is 207 Å². The molecule has 0 saturated carbocycles. The van der Waals surface area contributed by atoms with Crippen molar-refractivity contribution in [2.45, 2.75) is 38.8 Å². The van der Waals surface area contributed by atoms with Crippen molar-refractivity contribution in [2.24, 2.45) is 0 Å². The van der Waals surface area contributed by atoms with Crippen molar-refractivity contribution in [1.29, 1.82) is 5.26 Å². The minimum Gasteiger partial charge on any atom is -0.378 e. The molecule has 2 aromatic heterocycles. The van der Waals surface area contributed by atoms with Gasteiger partial charge in [0, 0.05) is 38.3 Å². The van der Waals surface area contributed by atoms with Crippen LogP contribution < -0.4 is 19.7 Å². The molecule has 2 aliphatic heterocycles. The van der Waals surface area contributed by atoms with E-state index in [1.54, 1.807) is 10.6 Å². The predicted octanol–water partition coefficient (Wildman–Crippen LogP) is 1.80. The third-order valence-corrected chi connectivity index (χ3v) is 7.58. The molecule has 5 rings (SSSR count). The van der Waals surface area contributed by atoms with Crippen molar-refractivity contribution in [1.82, 2.24) is 19.3 Å². The van der Waals surface area contributed by atoms with E-state index in [-0.39, 0.29) is 5.56 Å². The Bertz CT molecular complexity index is 1430. The Morgan fingerprint density at radius 1 is 1.14 bits per heavy atom. The molecule has 0 atom stereocenters. The highest BCUT2D eigenvalue weighted by molar-refractivity contribution is 7.07. The van der Waals surface area contributed by atoms with Crippen LogP contribution in [0, 0.1) is 11.3 Å². The number of morpholine rings is 1. The second-order valence-electron chi connectivity index (χ2n) is 8.70. The van der Waals surface area contributed by atoms with Crippen molar-refractivity contribution in [3.8, 4) is 6.07 Å². The summed E-state index contributed by atoms with van der Waals surface area (Å²) in [4.78, 5) is 15.6. The highest BCUT2D eigenvalue weighted by Gasteiger charge is 2.20. The van der Waals surface area contributed by atoms with Gasteiger partial charge in [-0.15, -0.1) is 28.1 Å². The summed E-state index contributed by atoms with van der Waals surface area (Å²) in [6.45, 7) is 8.15. The monoisotopic (exact) mass is 488 g/mol. The van der Waals surface area contributed by atoms with Crippen LogP contribution >= 0.6 is 11.3 Å². The Morgan fingerprint density at radius 2 is 1.94 bits per heavy atom. The fourth-order valence-corrected chi connectivity index (χ4v) is 5.73. The topological polar surface area (TPSA) is 89.0 Å². The molecule has 4 heterocycles. The van der Waals surface area contributed by atoms with E-state index in [4.69, 9.17) is 4.74 Å². The lowest BCUT2D eigenvalue weighted by Crippen LogP contribution is -2.36. The minimum atomic E-state index is -0.134. The molecule has 2 aliphatic rings. The molecule has 9 heteroatoms. The van der Waals surface area contributed by atoms with Crippen molar-refractivity contribution in [2.75, 3.05) is 31.2 Å². The van der Waals surface area contributed by atoms with E-state index in [0.717, 1.165) is 75.6 Å². The van der Waals surface area contributed by atoms with Gasteiger partial charge in [0.15, 0.2) is 5.82 Å². The Hall–Kier alpha value is -3.48. The largest absolute Gasteiger partial charge is 0.378 e. The zero-order valence-electron chi connectivity index (χ0n) is 19.7. The summed E-state index contributed by atoms with van der Waals surface area (Å²) in [6, 6.07) is 10.5. The molecule has 0 bridgehead atoms. The van der Waals surface area contributed by atoms with Gasteiger partial charge in [0.25, 0.3) is 5.56 Å². The molecule has 8 nitrogen and oxygen atoms in total. The van der Waals surface area contributed by atoms with Crippen molar-refractivity contribution in [3.63, 3.8) is 0 Å². The maximum Gasteiger partial charge on any atom is 0.269 e. The molecule has 1 fully saturated rings. The molecule has 0 unspecified atom stereocenters. The predicted molar refractivity (Wildman–Crippen MR) is 137 cm³/mol. The zero-order valence-corrected chi connectivity index (χ0v) is 20.5. The van der Waals surface area contributed by atoms with Crippen molar-refractivity contribution in [3.05, 3.63) is 73.7 Å². The standard InChI is InChI=1S/C26H28N6O2S/c1-2-11-32-25(33)22(17-19-7-9-20(10-8-19)30-13-15-34-16-14-30)35-26(32)21(18-27)24-29-28-23-6-4-3-5-12-31(23)24/h2,7-10,17H,1,3-6,11-16H2/b22-17-,26-21-. The summed E-state index contributed by atoms with van der Waals surface area (Å²) in [5.74, 6) is 1.46. The summed E-state index contributed by atoms with van der Waals surface area (Å²) >= 11 is 1.32. The van der Waals surface area contributed by atoms with Gasteiger partial charge in [-0.1, -0.05) is 24.6 Å². The molecule has 0 N–H and O–H groups in total. The lowest BCUT2D eigenvalue weighted by atomic mass is 10.2. The molecule has 0 spiro atoms. The highest BCUT2D eigenvalue weighted by Crippen LogP contribution is 2.19. The number of fused-ring (bicyclic) bond motifs is 1. The molecule has 35 heavy (non-hydrogen) atoms. The van der Waals surface area contributed by atoms with Crippen LogP contribution in [-0.4, -0.2) is 45.6 Å². The van der Waals surface area contributed by atoms with Gasteiger partial charge < -0.3 is 14.2 Å². The summed E-state index contributed by atoms with van der Waals surface area (Å²) < 4.78 is 10.3. The number of benzene rings is 1. The minimum absolute atomic E-state index is 0.134. The normalized spacial score (nSPS) is 17.5. The van der Waals surface area contributed by atoms with Gasteiger partial charge in [0.05, 0.1) is 17.7 Å². The number of hydrogen-bond acceptors (Lipinski definition) is 7. The fourth-order valence-electron chi connectivity index (χ4n) is 4.62. The second-order valence-corrected chi connectivity index (χ2v) is 9.73. The zero-order chi connectivity index (χ0) is 24.2. The molecule has 1 saturated heterocycles. The smallest absolute Gasteiger partial charge is 0.269 e. The number of aryl methyl sites for hydroxylation is 1. The van der Waals surface area contributed by atoms with Crippen molar-refractivity contribution < 1.29 is 4.74 Å². The first-order valence-electron chi connectivity index (χ1n) is 12.0. The van der Waals surface area contributed by atoms with Gasteiger partial charge >= 0.3 is 0 Å². The van der Waals surface area contributed by atoms with Crippen LogP contribution in [0.25, 0.3) is 11.6 Å². The second kappa shape index (κ2) is 10.4. The number of nitriles is 1. The number of anilines is 1. The number of ether oxygens (including phenoxy) is 1. The number of aromatic nitrogens is 4. The SMILES string of the molecule is C=CCn1c(=O)/c(=C/c2ccc(N3CCOCC3)cc2)s/c1=C(/C#N)c1nnc2n1CCCCC2. The molecule has 1 aromatic carbocycles. The lowest BCUT2D eigenvalue weighted by molar-refractivity contribution is 0.122. The maximum absolute atomic E-state index is 13.3. The summed E-state index contributed by atoms with van der Waals surface area (Å²) in [6.07, 6.45) is 7.66. The van der Waals surface area contributed by atoms with Crippen LogP contribution in [0.5, 0.6) is 0 Å². The first-order chi connectivity index (χ1) is 17.2. The summed E-state index contributed by atoms with van der Waals surface area (Å²) in [7, 11) is 0. The Morgan fingerprint density at radius 3 is 2.69 bits per heavy atom. The van der Waals surface area contributed by atoms with Gasteiger partial charge in [-0.2, -0.15) is 5.26 Å². The third-order valence-electron chi connectivity index (χ3n) is 6.45. The number of rotatable bonds is 5. The van der Waals surface area contributed by atoms with Crippen LogP contribution in [0.1, 0.15) is 36.5 Å². The van der Waals surface area contributed by atoms with Gasteiger partial charge in [-0.25, -0.2) is 0 Å². The van der Waals surface area contributed by atoms with Crippen LogP contribution in [0.15, 0.2) is 41.7 Å². The number of allylic oxidation sites excluding steroid dienone is 1. The molecular weight excluding hydrogens is 460 g/mol. The number of nitrogens with zero attached hydrogens (tertiary/aromatic N) is 6. The van der Waals surface area contributed by atoms with E-state index < -0.39 is 0 Å². The molecule has 0 amide bonds. The fraction of sp³-hybridized carbons (Fsp3) is 0.385. The average Bonchev–Trinajstić information content (AvgIpc) is 3.31. The van der Waals surface area contributed by atoms with Crippen LogP contribution in [0.2, 0.25) is 0 Å². The molecule has 180 valence electrons. The molecule has 0 aliphatic carbocycles. The quantitative estimate of drug-likeness (QED) is 0.509. The average molecular weight is 489 g/mol. The van der Waals surface area contributed by atoms with Crippen LogP contribution in [-0.2, 0) is 24.2 Å². The van der Waals surface area contributed by atoms with E-state index in [1.807, 2.05) is 22.8 Å². The van der Waals surface area contributed by atoms with E-state index in [1.165, 1.54) is 11.3 Å². The van der Waals surface area contributed by atoms with E-state index in [0.29, 0.717) is 27.1 Å². The lowest BCUT2D eigenvalue weighted by Gasteiger charge is -2.28. The Kier molecular flexibility index (Phi) is 6.93. The van der Waals surface area contributed by atoms with Gasteiger partial charge in [0.2, 0.25) is 0 Å². The maximum atomic E-state index is 13.3. The van der Waals surface area contributed by atoms with E-state index >= 15 is 0 Å². The summed E-state index contributed by atoms with van der Waals surface area (Å²) in [5, 5.41) is 18.8. The molecule has 0 radical (unpaired) electrons. The highest BCUT2D eigenvalue weighted by atomic mass is 32.1. The Balaban J connectivity index is 1.59. The first kappa shape index (κ1) is 23.3. The molecule has 3 aromatic rings. The van der Waals surface area contributed by atoms with Crippen LogP contribution in [0.3, 0.4) is 0 Å². The van der Waals surface area contributed by atoms with E-state index in [2.05, 4.69) is 39.9 Å². The third kappa shape index (κ3) is 4.72. The van der Waals surface area contributed by atoms with Gasteiger partial charge in [-0.3, -0.25) is 9.36 Å². The van der Waals surface area contributed by atoms with E-state index in [9.17, 15) is 10.1 Å². The summed E-state index contributed by atoms with van der Waals surface area (Å²) in [5.41, 5.74) is 2.34. The first-order valence-corrected chi connectivity index (χ1v) is 12.8. The van der Waals surface area contributed by atoms with Crippen LogP contribution in [0.4, 0.5) is 5.69 Å². The van der Waals surface area contributed by atoms with Crippen molar-refractivity contribution >= 4 is 28.7 Å². The van der Waals surface area contributed by atoms with Gasteiger partial charge in [0.1, 0.15) is 22.1 Å².